The second-order valence-corrected chi connectivity index (χ2v) is 6.89. The van der Waals surface area contributed by atoms with E-state index in [1.807, 2.05) is 0 Å². The Hall–Kier alpha value is -1.88. The summed E-state index contributed by atoms with van der Waals surface area (Å²) in [5, 5.41) is 2.56. The maximum atomic E-state index is 12.2. The van der Waals surface area contributed by atoms with Crippen LogP contribution >= 0.6 is 0 Å². The van der Waals surface area contributed by atoms with Crippen LogP contribution in [-0.4, -0.2) is 38.8 Å². The van der Waals surface area contributed by atoms with Gasteiger partial charge < -0.3 is 11.1 Å². The Morgan fingerprint density at radius 1 is 1.48 bits per heavy atom. The molecule has 1 aromatic carbocycles. The lowest BCUT2D eigenvalue weighted by Gasteiger charge is -2.16. The van der Waals surface area contributed by atoms with Crippen LogP contribution in [0.1, 0.15) is 12.0 Å². The first-order valence-electron chi connectivity index (χ1n) is 6.23. The third-order valence-corrected chi connectivity index (χ3v) is 4.85. The molecule has 3 N–H and O–H groups in total. The first kappa shape index (κ1) is 17.2. The van der Waals surface area contributed by atoms with Crippen LogP contribution in [0.5, 0.6) is 0 Å². The van der Waals surface area contributed by atoms with E-state index in [9.17, 15) is 13.2 Å². The Morgan fingerprint density at radius 3 is 2.62 bits per heavy atom. The van der Waals surface area contributed by atoms with Gasteiger partial charge in [0.1, 0.15) is 0 Å². The molecular weight excluding hydrogens is 290 g/mol. The van der Waals surface area contributed by atoms with Crippen LogP contribution in [0, 0.1) is 19.3 Å². The molecule has 1 atom stereocenters. The number of terminal acetylenes is 1. The van der Waals surface area contributed by atoms with Gasteiger partial charge in [-0.15, -0.1) is 12.3 Å². The summed E-state index contributed by atoms with van der Waals surface area (Å²) in [5.41, 5.74) is 6.55. The number of nitrogens with two attached hydrogens (primary N) is 1. The van der Waals surface area contributed by atoms with Crippen LogP contribution < -0.4 is 11.1 Å². The van der Waals surface area contributed by atoms with Gasteiger partial charge in [-0.3, -0.25) is 4.79 Å². The lowest BCUT2D eigenvalue weighted by molar-refractivity contribution is -0.117. The van der Waals surface area contributed by atoms with Crippen LogP contribution in [0.4, 0.5) is 5.69 Å². The van der Waals surface area contributed by atoms with E-state index in [-0.39, 0.29) is 11.3 Å². The predicted octanol–water partition coefficient (Wildman–Crippen LogP) is 0.534. The van der Waals surface area contributed by atoms with Gasteiger partial charge >= 0.3 is 0 Å². The summed E-state index contributed by atoms with van der Waals surface area (Å²) in [6, 6.07) is 3.82. The van der Waals surface area contributed by atoms with E-state index in [4.69, 9.17) is 12.2 Å². The standard InChI is InChI=1S/C14H19N3O3S/c1-5-6-12(15)14(18)16-11-8-7-10(2)13(9-11)21(19,20)17(3)4/h1,7-9,12H,6,15H2,2-4H3,(H,16,18). The van der Waals surface area contributed by atoms with E-state index in [0.29, 0.717) is 11.3 Å². The minimum Gasteiger partial charge on any atom is -0.325 e. The molecule has 1 aromatic rings. The fraction of sp³-hybridized carbons (Fsp3) is 0.357. The highest BCUT2D eigenvalue weighted by atomic mass is 32.2. The SMILES string of the molecule is C#CCC(N)C(=O)Nc1ccc(C)c(S(=O)(=O)N(C)C)c1. The summed E-state index contributed by atoms with van der Waals surface area (Å²) in [6.07, 6.45) is 5.21. The van der Waals surface area contributed by atoms with Crippen LogP contribution in [-0.2, 0) is 14.8 Å². The molecule has 0 radical (unpaired) electrons. The van der Waals surface area contributed by atoms with Crippen molar-refractivity contribution >= 4 is 21.6 Å². The van der Waals surface area contributed by atoms with Crippen molar-refractivity contribution in [3.63, 3.8) is 0 Å². The minimum absolute atomic E-state index is 0.112. The first-order valence-corrected chi connectivity index (χ1v) is 7.67. The van der Waals surface area contributed by atoms with Gasteiger partial charge in [-0.05, 0) is 24.6 Å². The van der Waals surface area contributed by atoms with Crippen molar-refractivity contribution in [1.82, 2.24) is 4.31 Å². The normalized spacial score (nSPS) is 12.8. The number of nitrogens with zero attached hydrogens (tertiary/aromatic N) is 1. The quantitative estimate of drug-likeness (QED) is 0.776. The number of carbonyl (C=O) groups is 1. The minimum atomic E-state index is -3.58. The van der Waals surface area contributed by atoms with Crippen molar-refractivity contribution in [2.75, 3.05) is 19.4 Å². The Labute approximate surface area is 125 Å². The number of anilines is 1. The van der Waals surface area contributed by atoms with Crippen LogP contribution in [0.2, 0.25) is 0 Å². The van der Waals surface area contributed by atoms with Crippen molar-refractivity contribution in [2.45, 2.75) is 24.3 Å². The van der Waals surface area contributed by atoms with Crippen molar-refractivity contribution in [2.24, 2.45) is 5.73 Å². The smallest absolute Gasteiger partial charge is 0.242 e. The highest BCUT2D eigenvalue weighted by Crippen LogP contribution is 2.22. The molecule has 0 aromatic heterocycles. The number of amides is 1. The molecule has 0 fully saturated rings. The van der Waals surface area contributed by atoms with Gasteiger partial charge in [0.25, 0.3) is 0 Å². The number of carbonyl (C=O) groups excluding carboxylic acids is 1. The van der Waals surface area contributed by atoms with Crippen LogP contribution in [0.3, 0.4) is 0 Å². The summed E-state index contributed by atoms with van der Waals surface area (Å²) in [7, 11) is -0.683. The Balaban J connectivity index is 3.09. The highest BCUT2D eigenvalue weighted by Gasteiger charge is 2.21. The lowest BCUT2D eigenvalue weighted by Crippen LogP contribution is -2.35. The van der Waals surface area contributed by atoms with Gasteiger partial charge in [0.15, 0.2) is 0 Å². The maximum absolute atomic E-state index is 12.2. The van der Waals surface area contributed by atoms with Gasteiger partial charge in [-0.25, -0.2) is 12.7 Å². The molecule has 0 bridgehead atoms. The third-order valence-electron chi connectivity index (χ3n) is 2.89. The number of hydrogen-bond acceptors (Lipinski definition) is 4. The molecule has 0 saturated carbocycles. The number of rotatable bonds is 5. The van der Waals surface area contributed by atoms with Gasteiger partial charge in [-0.1, -0.05) is 6.07 Å². The van der Waals surface area contributed by atoms with E-state index in [0.717, 1.165) is 4.31 Å². The number of benzene rings is 1. The number of hydrogen-bond donors (Lipinski definition) is 2. The molecule has 1 unspecified atom stereocenters. The molecule has 0 heterocycles. The molecule has 0 saturated heterocycles. The maximum Gasteiger partial charge on any atom is 0.242 e. The predicted molar refractivity (Wildman–Crippen MR) is 82.1 cm³/mol. The van der Waals surface area contributed by atoms with E-state index < -0.39 is 22.0 Å². The van der Waals surface area contributed by atoms with E-state index in [2.05, 4.69) is 11.2 Å². The van der Waals surface area contributed by atoms with Crippen molar-refractivity contribution in [1.29, 1.82) is 0 Å². The van der Waals surface area contributed by atoms with Gasteiger partial charge in [-0.2, -0.15) is 0 Å². The summed E-state index contributed by atoms with van der Waals surface area (Å²) < 4.78 is 25.5. The molecular formula is C14H19N3O3S. The van der Waals surface area contributed by atoms with E-state index in [1.165, 1.54) is 20.2 Å². The number of sulfonamides is 1. The monoisotopic (exact) mass is 309 g/mol. The number of nitrogens with one attached hydrogen (secondary N) is 1. The fourth-order valence-electron chi connectivity index (χ4n) is 1.61. The Bertz CT molecular complexity index is 675. The van der Waals surface area contributed by atoms with Crippen molar-refractivity contribution < 1.29 is 13.2 Å². The summed E-state index contributed by atoms with van der Waals surface area (Å²) in [4.78, 5) is 11.9. The topological polar surface area (TPSA) is 92.5 Å². The molecule has 21 heavy (non-hydrogen) atoms. The second-order valence-electron chi connectivity index (χ2n) is 4.77. The van der Waals surface area contributed by atoms with E-state index in [1.54, 1.807) is 19.1 Å². The molecule has 0 aliphatic heterocycles. The summed E-state index contributed by atoms with van der Waals surface area (Å²) in [5.74, 6) is 1.85. The Morgan fingerprint density at radius 2 is 2.10 bits per heavy atom. The highest BCUT2D eigenvalue weighted by molar-refractivity contribution is 7.89. The van der Waals surface area contributed by atoms with Gasteiger partial charge in [0.05, 0.1) is 10.9 Å². The summed E-state index contributed by atoms with van der Waals surface area (Å²) in [6.45, 7) is 1.69. The molecule has 1 amide bonds. The average molecular weight is 309 g/mol. The second kappa shape index (κ2) is 6.72. The van der Waals surface area contributed by atoms with Crippen LogP contribution in [0.15, 0.2) is 23.1 Å². The molecule has 6 nitrogen and oxygen atoms in total. The molecule has 7 heteroatoms. The zero-order chi connectivity index (χ0) is 16.2. The van der Waals surface area contributed by atoms with Crippen molar-refractivity contribution in [3.8, 4) is 12.3 Å². The molecule has 0 aliphatic rings. The molecule has 0 aliphatic carbocycles. The number of aryl methyl sites for hydroxylation is 1. The van der Waals surface area contributed by atoms with Gasteiger partial charge in [0, 0.05) is 26.2 Å². The Kier molecular flexibility index (Phi) is 5.49. The largest absolute Gasteiger partial charge is 0.325 e. The van der Waals surface area contributed by atoms with Crippen LogP contribution in [0.25, 0.3) is 0 Å². The molecule has 1 rings (SSSR count). The zero-order valence-electron chi connectivity index (χ0n) is 12.3. The zero-order valence-corrected chi connectivity index (χ0v) is 13.1. The van der Waals surface area contributed by atoms with E-state index >= 15 is 0 Å². The van der Waals surface area contributed by atoms with Crippen molar-refractivity contribution in [3.05, 3.63) is 23.8 Å². The first-order chi connectivity index (χ1) is 9.70. The van der Waals surface area contributed by atoms with Gasteiger partial charge in [0.2, 0.25) is 15.9 Å². The lowest BCUT2D eigenvalue weighted by atomic mass is 10.2. The molecule has 0 spiro atoms. The fourth-order valence-corrected chi connectivity index (χ4v) is 2.75. The average Bonchev–Trinajstić information content (AvgIpc) is 2.40. The third kappa shape index (κ3) is 4.04. The molecule has 114 valence electrons. The summed E-state index contributed by atoms with van der Waals surface area (Å²) >= 11 is 0.